The molecular weight excluding hydrogens is 345 g/mol. The molecule has 9 heteroatoms. The molecule has 0 saturated carbocycles. The van der Waals surface area contributed by atoms with Gasteiger partial charge >= 0.3 is 6.18 Å². The molecule has 2 unspecified atom stereocenters. The van der Waals surface area contributed by atoms with Gasteiger partial charge in [0.25, 0.3) is 0 Å². The Balaban J connectivity index is 0.00000208. The number of carbonyl (C=O) groups is 1. The molecule has 0 aromatic carbocycles. The topological polar surface area (TPSA) is 61.0 Å². The van der Waals surface area contributed by atoms with Crippen molar-refractivity contribution in [3.8, 4) is 0 Å². The number of likely N-dealkylation sites (tertiary alicyclic amines) is 1. The molecule has 3 rings (SSSR count). The number of aromatic nitrogens is 2. The highest BCUT2D eigenvalue weighted by Crippen LogP contribution is 2.32. The van der Waals surface area contributed by atoms with E-state index in [9.17, 15) is 18.0 Å². The Morgan fingerprint density at radius 3 is 2.67 bits per heavy atom. The van der Waals surface area contributed by atoms with Crippen molar-refractivity contribution in [3.63, 3.8) is 0 Å². The van der Waals surface area contributed by atoms with Crippen molar-refractivity contribution in [2.45, 2.75) is 31.9 Å². The first kappa shape index (κ1) is 19.1. The quantitative estimate of drug-likeness (QED) is 0.863. The summed E-state index contributed by atoms with van der Waals surface area (Å²) in [7, 11) is 0. The van der Waals surface area contributed by atoms with E-state index in [2.05, 4.69) is 15.5 Å². The lowest BCUT2D eigenvalue weighted by Crippen LogP contribution is -2.51. The third-order valence-electron chi connectivity index (χ3n) is 4.97. The van der Waals surface area contributed by atoms with Crippen LogP contribution in [0.4, 0.5) is 13.2 Å². The predicted molar refractivity (Wildman–Crippen MR) is 84.9 cm³/mol. The number of nitrogens with one attached hydrogen (secondary N) is 2. The zero-order valence-corrected chi connectivity index (χ0v) is 14.2. The van der Waals surface area contributed by atoms with E-state index in [0.29, 0.717) is 24.7 Å². The summed E-state index contributed by atoms with van der Waals surface area (Å²) in [5.41, 5.74) is -0.433. The van der Waals surface area contributed by atoms with Crippen molar-refractivity contribution in [2.75, 3.05) is 26.2 Å². The van der Waals surface area contributed by atoms with E-state index in [1.54, 1.807) is 4.90 Å². The summed E-state index contributed by atoms with van der Waals surface area (Å²) in [6.07, 6.45) is -2.88. The molecule has 2 fully saturated rings. The Morgan fingerprint density at radius 1 is 1.42 bits per heavy atom. The van der Waals surface area contributed by atoms with Crippen LogP contribution < -0.4 is 5.32 Å². The van der Waals surface area contributed by atoms with Gasteiger partial charge in [-0.05, 0) is 37.9 Å². The van der Waals surface area contributed by atoms with Crippen LogP contribution in [0.25, 0.3) is 0 Å². The summed E-state index contributed by atoms with van der Waals surface area (Å²) >= 11 is 0. The van der Waals surface area contributed by atoms with Gasteiger partial charge in [-0.25, -0.2) is 0 Å². The molecular formula is C15H22ClF3N4O. The minimum atomic E-state index is -4.44. The molecule has 3 heterocycles. The van der Waals surface area contributed by atoms with Crippen molar-refractivity contribution >= 4 is 18.3 Å². The Hall–Kier alpha value is -1.28. The standard InChI is InChI=1S/C15H21F3N4O.ClH/c1-9(11-6-19-7-11)14(23)22-4-2-3-10(8-22)12-5-13(21-20-12)15(16,17)18;/h5,9-11,19H,2-4,6-8H2,1H3,(H,20,21);1H. The summed E-state index contributed by atoms with van der Waals surface area (Å²) in [6, 6.07) is 1.07. The first-order valence-corrected chi connectivity index (χ1v) is 7.98. The summed E-state index contributed by atoms with van der Waals surface area (Å²) in [5.74, 6) is 0.328. The molecule has 2 aliphatic rings. The highest BCUT2D eigenvalue weighted by Gasteiger charge is 2.37. The monoisotopic (exact) mass is 366 g/mol. The van der Waals surface area contributed by atoms with E-state index in [1.165, 1.54) is 0 Å². The molecule has 2 N–H and O–H groups in total. The van der Waals surface area contributed by atoms with E-state index < -0.39 is 11.9 Å². The Morgan fingerprint density at radius 2 is 2.12 bits per heavy atom. The molecule has 2 saturated heterocycles. The van der Waals surface area contributed by atoms with Gasteiger partial charge in [0, 0.05) is 30.6 Å². The van der Waals surface area contributed by atoms with E-state index in [1.807, 2.05) is 6.92 Å². The van der Waals surface area contributed by atoms with Crippen LogP contribution in [0.1, 0.15) is 37.1 Å². The van der Waals surface area contributed by atoms with Crippen LogP contribution in [0.5, 0.6) is 0 Å². The zero-order chi connectivity index (χ0) is 16.6. The van der Waals surface area contributed by atoms with Crippen molar-refractivity contribution in [3.05, 3.63) is 17.5 Å². The van der Waals surface area contributed by atoms with Crippen molar-refractivity contribution in [2.24, 2.45) is 11.8 Å². The smallest absolute Gasteiger partial charge is 0.342 e. The molecule has 0 aliphatic carbocycles. The molecule has 0 bridgehead atoms. The number of rotatable bonds is 3. The van der Waals surface area contributed by atoms with Crippen LogP contribution in [-0.4, -0.2) is 47.2 Å². The molecule has 1 amide bonds. The first-order valence-electron chi connectivity index (χ1n) is 7.98. The molecule has 0 radical (unpaired) electrons. The normalized spacial score (nSPS) is 23.3. The van der Waals surface area contributed by atoms with Crippen molar-refractivity contribution in [1.29, 1.82) is 0 Å². The number of hydrogen-bond donors (Lipinski definition) is 2. The fraction of sp³-hybridized carbons (Fsp3) is 0.733. The minimum Gasteiger partial charge on any atom is -0.342 e. The number of hydrogen-bond acceptors (Lipinski definition) is 3. The molecule has 2 aliphatic heterocycles. The Bertz CT molecular complexity index is 573. The lowest BCUT2D eigenvalue weighted by atomic mass is 9.86. The number of halogens is 4. The van der Waals surface area contributed by atoms with E-state index in [-0.39, 0.29) is 30.2 Å². The number of nitrogens with zero attached hydrogens (tertiary/aromatic N) is 2. The predicted octanol–water partition coefficient (Wildman–Crippen LogP) is 2.41. The van der Waals surface area contributed by atoms with Crippen molar-refractivity contribution in [1.82, 2.24) is 20.4 Å². The number of aromatic amines is 1. The molecule has 2 atom stereocenters. The number of amides is 1. The average Bonchev–Trinajstić information content (AvgIpc) is 2.94. The molecule has 0 spiro atoms. The zero-order valence-electron chi connectivity index (χ0n) is 13.4. The second-order valence-electron chi connectivity index (χ2n) is 6.54. The molecule has 1 aromatic rings. The maximum absolute atomic E-state index is 12.7. The van der Waals surface area contributed by atoms with Crippen molar-refractivity contribution < 1.29 is 18.0 Å². The summed E-state index contributed by atoms with van der Waals surface area (Å²) in [6.45, 7) is 4.80. The molecule has 1 aromatic heterocycles. The van der Waals surface area contributed by atoms with Gasteiger partial charge in [-0.1, -0.05) is 6.92 Å². The average molecular weight is 367 g/mol. The largest absolute Gasteiger partial charge is 0.435 e. The van der Waals surface area contributed by atoms with Crippen LogP contribution in [-0.2, 0) is 11.0 Å². The van der Waals surface area contributed by atoms with E-state index in [0.717, 1.165) is 32.0 Å². The lowest BCUT2D eigenvalue weighted by molar-refractivity contribution is -0.141. The minimum absolute atomic E-state index is 0. The second-order valence-corrected chi connectivity index (χ2v) is 6.54. The molecule has 5 nitrogen and oxygen atoms in total. The highest BCUT2D eigenvalue weighted by atomic mass is 35.5. The van der Waals surface area contributed by atoms with Gasteiger partial charge in [0.2, 0.25) is 5.91 Å². The summed E-state index contributed by atoms with van der Waals surface area (Å²) < 4.78 is 38.0. The second kappa shape index (κ2) is 7.31. The van der Waals surface area contributed by atoms with Gasteiger partial charge in [0.1, 0.15) is 0 Å². The first-order chi connectivity index (χ1) is 10.9. The number of alkyl halides is 3. The highest BCUT2D eigenvalue weighted by molar-refractivity contribution is 5.85. The van der Waals surface area contributed by atoms with Gasteiger partial charge in [-0.15, -0.1) is 12.4 Å². The van der Waals surface area contributed by atoms with Crippen LogP contribution >= 0.6 is 12.4 Å². The van der Waals surface area contributed by atoms with Gasteiger partial charge < -0.3 is 10.2 Å². The van der Waals surface area contributed by atoms with E-state index >= 15 is 0 Å². The van der Waals surface area contributed by atoms with Gasteiger partial charge in [-0.3, -0.25) is 9.89 Å². The van der Waals surface area contributed by atoms with Gasteiger partial charge in [0.15, 0.2) is 5.69 Å². The maximum atomic E-state index is 12.7. The summed E-state index contributed by atoms with van der Waals surface area (Å²) in [4.78, 5) is 14.4. The fourth-order valence-corrected chi connectivity index (χ4v) is 3.28. The van der Waals surface area contributed by atoms with E-state index in [4.69, 9.17) is 0 Å². The fourth-order valence-electron chi connectivity index (χ4n) is 3.28. The number of piperidine rings is 1. The third kappa shape index (κ3) is 3.85. The van der Waals surface area contributed by atoms with Crippen LogP contribution in [0, 0.1) is 11.8 Å². The SMILES string of the molecule is CC(C(=O)N1CCCC(c2cc(C(F)(F)F)n[nH]2)C1)C1CNC1.Cl. The third-order valence-corrected chi connectivity index (χ3v) is 4.97. The van der Waals surface area contributed by atoms with Gasteiger partial charge in [-0.2, -0.15) is 18.3 Å². The Labute approximate surface area is 144 Å². The van der Waals surface area contributed by atoms with Crippen LogP contribution in [0.3, 0.4) is 0 Å². The number of carbonyl (C=O) groups excluding carboxylic acids is 1. The van der Waals surface area contributed by atoms with Crippen LogP contribution in [0.15, 0.2) is 6.07 Å². The Kier molecular flexibility index (Phi) is 5.80. The summed E-state index contributed by atoms with van der Waals surface area (Å²) in [5, 5.41) is 9.02. The molecule has 24 heavy (non-hydrogen) atoms. The number of H-pyrrole nitrogens is 1. The molecule has 136 valence electrons. The lowest BCUT2D eigenvalue weighted by Gasteiger charge is -2.38. The van der Waals surface area contributed by atoms with Gasteiger partial charge in [0.05, 0.1) is 0 Å². The van der Waals surface area contributed by atoms with Crippen LogP contribution in [0.2, 0.25) is 0 Å². The maximum Gasteiger partial charge on any atom is 0.435 e.